The van der Waals surface area contributed by atoms with Crippen LogP contribution in [-0.2, 0) is 0 Å². The van der Waals surface area contributed by atoms with Crippen LogP contribution in [0.4, 0.5) is 14.5 Å². The minimum Gasteiger partial charge on any atom is -0.477 e. The van der Waals surface area contributed by atoms with Crippen LogP contribution in [0.3, 0.4) is 0 Å². The maximum absolute atomic E-state index is 15.5. The van der Waals surface area contributed by atoms with Gasteiger partial charge in [-0.2, -0.15) is 0 Å². The lowest BCUT2D eigenvalue weighted by Gasteiger charge is -2.22. The zero-order valence-corrected chi connectivity index (χ0v) is 14.8. The van der Waals surface area contributed by atoms with Gasteiger partial charge in [0.2, 0.25) is 5.43 Å². The molecule has 2 fully saturated rings. The number of anilines is 1. The van der Waals surface area contributed by atoms with Gasteiger partial charge in [-0.3, -0.25) is 4.79 Å². The summed E-state index contributed by atoms with van der Waals surface area (Å²) in [7, 11) is 1.75. The van der Waals surface area contributed by atoms with Gasteiger partial charge in [0.25, 0.3) is 0 Å². The number of nitrogens with zero attached hydrogens (tertiary/aromatic N) is 2. The fourth-order valence-electron chi connectivity index (χ4n) is 3.75. The molecule has 0 bridgehead atoms. The van der Waals surface area contributed by atoms with Gasteiger partial charge in [-0.15, -0.1) is 0 Å². The monoisotopic (exact) mass is 375 g/mol. The Morgan fingerprint density at radius 1 is 1.37 bits per heavy atom. The number of hydrogen-bond acceptors (Lipinski definition) is 4. The molecule has 4 rings (SSSR count). The number of aromatic carboxylic acids is 1. The maximum Gasteiger partial charge on any atom is 0.341 e. The summed E-state index contributed by atoms with van der Waals surface area (Å²) < 4.78 is 31.8. The summed E-state index contributed by atoms with van der Waals surface area (Å²) in [5.41, 5.74) is -0.790. The van der Waals surface area contributed by atoms with Crippen molar-refractivity contribution < 1.29 is 18.7 Å². The Bertz CT molecular complexity index is 1040. The number of fused-ring (bicyclic) bond motifs is 1. The summed E-state index contributed by atoms with van der Waals surface area (Å²) in [5, 5.41) is 12.1. The third kappa shape index (κ3) is 2.71. The molecule has 1 saturated carbocycles. The van der Waals surface area contributed by atoms with Gasteiger partial charge in [0, 0.05) is 31.4 Å². The van der Waals surface area contributed by atoms with Gasteiger partial charge in [-0.25, -0.2) is 13.6 Å². The number of pyridine rings is 1. The Hall–Kier alpha value is -2.74. The van der Waals surface area contributed by atoms with Gasteiger partial charge in [0.05, 0.1) is 10.9 Å². The van der Waals surface area contributed by atoms with Crippen LogP contribution in [0.15, 0.2) is 29.2 Å². The molecule has 6 nitrogen and oxygen atoms in total. The standard InChI is InChI=1S/C19H19F2N3O3/c1-9-6-23(8-14(9)22-2)17-13(20)5-11-16(15(17)21)24(10-3-4-10)7-12(18(11)25)19(26)27/h5,7,10,14,22H,1,3-4,6,8H2,2H3,(H,26,27)/t14-/m1/s1. The van der Waals surface area contributed by atoms with Crippen molar-refractivity contribution in [2.75, 3.05) is 25.0 Å². The lowest BCUT2D eigenvalue weighted by atomic mass is 10.1. The molecular weight excluding hydrogens is 356 g/mol. The second-order valence-electron chi connectivity index (χ2n) is 7.11. The first kappa shape index (κ1) is 17.7. The predicted octanol–water partition coefficient (Wildman–Crippen LogP) is 2.28. The Kier molecular flexibility index (Phi) is 4.03. The average molecular weight is 375 g/mol. The highest BCUT2D eigenvalue weighted by Crippen LogP contribution is 2.40. The molecule has 1 aliphatic heterocycles. The number of aromatic nitrogens is 1. The fraction of sp³-hybridized carbons (Fsp3) is 0.368. The van der Waals surface area contributed by atoms with E-state index in [1.807, 2.05) is 0 Å². The molecule has 1 aromatic carbocycles. The second kappa shape index (κ2) is 6.16. The number of rotatable bonds is 4. The number of carbonyl (C=O) groups is 1. The zero-order valence-electron chi connectivity index (χ0n) is 14.8. The van der Waals surface area contributed by atoms with Crippen molar-refractivity contribution in [3.63, 3.8) is 0 Å². The van der Waals surface area contributed by atoms with E-state index in [0.29, 0.717) is 13.1 Å². The summed E-state index contributed by atoms with van der Waals surface area (Å²) in [6, 6.07) is 0.786. The van der Waals surface area contributed by atoms with Crippen molar-refractivity contribution >= 4 is 22.6 Å². The summed E-state index contributed by atoms with van der Waals surface area (Å²) >= 11 is 0. The SMILES string of the molecule is C=C1CN(c2c(F)cc3c(=O)c(C(=O)O)cn(C4CC4)c3c2F)C[C@H]1NC. The van der Waals surface area contributed by atoms with E-state index in [4.69, 9.17) is 0 Å². The van der Waals surface area contributed by atoms with E-state index in [1.165, 1.54) is 10.8 Å². The van der Waals surface area contributed by atoms with Gasteiger partial charge in [-0.05, 0) is 31.5 Å². The maximum atomic E-state index is 15.5. The van der Waals surface area contributed by atoms with Crippen molar-refractivity contribution in [3.05, 3.63) is 51.8 Å². The molecule has 8 heteroatoms. The van der Waals surface area contributed by atoms with Gasteiger partial charge in [0.1, 0.15) is 17.1 Å². The lowest BCUT2D eigenvalue weighted by Crippen LogP contribution is -2.31. The molecule has 2 aliphatic rings. The molecular formula is C19H19F2N3O3. The lowest BCUT2D eigenvalue weighted by molar-refractivity contribution is 0.0695. The predicted molar refractivity (Wildman–Crippen MR) is 97.6 cm³/mol. The summed E-state index contributed by atoms with van der Waals surface area (Å²) in [6.07, 6.45) is 2.69. The van der Waals surface area contributed by atoms with Gasteiger partial charge in [-0.1, -0.05) is 6.58 Å². The quantitative estimate of drug-likeness (QED) is 0.802. The number of likely N-dealkylation sites (N-methyl/N-ethyl adjacent to an activating group) is 1. The highest BCUT2D eigenvalue weighted by atomic mass is 19.1. The van der Waals surface area contributed by atoms with Crippen LogP contribution >= 0.6 is 0 Å². The molecule has 1 saturated heterocycles. The van der Waals surface area contributed by atoms with Gasteiger partial charge >= 0.3 is 5.97 Å². The second-order valence-corrected chi connectivity index (χ2v) is 7.11. The normalized spacial score (nSPS) is 19.9. The van der Waals surface area contributed by atoms with E-state index < -0.39 is 28.6 Å². The molecule has 142 valence electrons. The molecule has 27 heavy (non-hydrogen) atoms. The van der Waals surface area contributed by atoms with Crippen molar-refractivity contribution in [2.24, 2.45) is 0 Å². The van der Waals surface area contributed by atoms with Gasteiger partial charge in [0.15, 0.2) is 5.82 Å². The number of carboxylic acid groups (broad SMARTS) is 1. The minimum absolute atomic E-state index is 0.0394. The number of carboxylic acids is 1. The number of nitrogens with one attached hydrogen (secondary N) is 1. The fourth-order valence-corrected chi connectivity index (χ4v) is 3.75. The first-order chi connectivity index (χ1) is 12.8. The Morgan fingerprint density at radius 2 is 2.07 bits per heavy atom. The Labute approximate surface area is 153 Å². The minimum atomic E-state index is -1.41. The third-order valence-electron chi connectivity index (χ3n) is 5.31. The summed E-state index contributed by atoms with van der Waals surface area (Å²) in [5.74, 6) is -3.13. The first-order valence-corrected chi connectivity index (χ1v) is 8.73. The summed E-state index contributed by atoms with van der Waals surface area (Å²) in [4.78, 5) is 25.4. The zero-order chi connectivity index (χ0) is 19.5. The van der Waals surface area contributed by atoms with Crippen LogP contribution in [0.25, 0.3) is 10.9 Å². The molecule has 2 heterocycles. The largest absolute Gasteiger partial charge is 0.477 e. The molecule has 1 aromatic heterocycles. The average Bonchev–Trinajstić information content (AvgIpc) is 3.38. The van der Waals surface area contributed by atoms with Crippen LogP contribution in [0, 0.1) is 11.6 Å². The van der Waals surface area contributed by atoms with Crippen molar-refractivity contribution in [1.82, 2.24) is 9.88 Å². The van der Waals surface area contributed by atoms with Crippen LogP contribution in [0.2, 0.25) is 0 Å². The van der Waals surface area contributed by atoms with E-state index in [0.717, 1.165) is 24.5 Å². The Balaban J connectivity index is 1.97. The summed E-state index contributed by atoms with van der Waals surface area (Å²) in [6.45, 7) is 4.59. The molecule has 0 unspecified atom stereocenters. The topological polar surface area (TPSA) is 74.6 Å². The van der Waals surface area contributed by atoms with E-state index in [9.17, 15) is 19.1 Å². The van der Waals surface area contributed by atoms with Crippen molar-refractivity contribution in [3.8, 4) is 0 Å². The van der Waals surface area contributed by atoms with E-state index in [1.54, 1.807) is 11.9 Å². The molecule has 0 spiro atoms. The molecule has 0 amide bonds. The molecule has 2 aromatic rings. The van der Waals surface area contributed by atoms with Crippen LogP contribution < -0.4 is 15.6 Å². The van der Waals surface area contributed by atoms with E-state index in [2.05, 4.69) is 11.9 Å². The van der Waals surface area contributed by atoms with Gasteiger partial charge < -0.3 is 19.9 Å². The smallest absolute Gasteiger partial charge is 0.341 e. The first-order valence-electron chi connectivity index (χ1n) is 8.73. The van der Waals surface area contributed by atoms with Crippen LogP contribution in [0.1, 0.15) is 29.2 Å². The molecule has 1 atom stereocenters. The van der Waals surface area contributed by atoms with Crippen molar-refractivity contribution in [2.45, 2.75) is 24.9 Å². The van der Waals surface area contributed by atoms with Crippen LogP contribution in [-0.4, -0.2) is 41.8 Å². The van der Waals surface area contributed by atoms with E-state index in [-0.39, 0.29) is 28.7 Å². The number of halogens is 2. The van der Waals surface area contributed by atoms with Crippen LogP contribution in [0.5, 0.6) is 0 Å². The molecule has 2 N–H and O–H groups in total. The highest BCUT2D eigenvalue weighted by molar-refractivity contribution is 5.94. The molecule has 1 aliphatic carbocycles. The van der Waals surface area contributed by atoms with Crippen molar-refractivity contribution in [1.29, 1.82) is 0 Å². The number of hydrogen-bond donors (Lipinski definition) is 2. The molecule has 0 radical (unpaired) electrons. The highest BCUT2D eigenvalue weighted by Gasteiger charge is 2.33. The third-order valence-corrected chi connectivity index (χ3v) is 5.31. The number of benzene rings is 1. The van der Waals surface area contributed by atoms with E-state index >= 15 is 4.39 Å². The Morgan fingerprint density at radius 3 is 2.63 bits per heavy atom.